The number of hydrogen-bond acceptors (Lipinski definition) is 6. The normalized spacial score (nSPS) is 10.3. The highest BCUT2D eigenvalue weighted by Gasteiger charge is 2.12. The quantitative estimate of drug-likeness (QED) is 0.723. The fourth-order valence-corrected chi connectivity index (χ4v) is 2.27. The molecule has 0 fully saturated rings. The molecular formula is C17H24N6O. The first-order chi connectivity index (χ1) is 11.5. The first-order valence-corrected chi connectivity index (χ1v) is 7.97. The minimum absolute atomic E-state index is 0.101. The highest BCUT2D eigenvalue weighted by molar-refractivity contribution is 5.89. The predicted octanol–water partition coefficient (Wildman–Crippen LogP) is 3.00. The number of benzene rings is 1. The summed E-state index contributed by atoms with van der Waals surface area (Å²) in [5.41, 5.74) is 8.30. The number of hydrogen-bond donors (Lipinski definition) is 3. The van der Waals surface area contributed by atoms with E-state index in [2.05, 4.69) is 27.5 Å². The lowest BCUT2D eigenvalue weighted by atomic mass is 10.2. The van der Waals surface area contributed by atoms with E-state index >= 15 is 0 Å². The Bertz CT molecular complexity index is 686. The van der Waals surface area contributed by atoms with Crippen LogP contribution in [0.5, 0.6) is 0 Å². The zero-order chi connectivity index (χ0) is 17.5. The molecule has 2 aromatic rings. The Morgan fingerprint density at radius 3 is 2.50 bits per heavy atom. The number of amides is 1. The molecule has 7 nitrogen and oxygen atoms in total. The number of aromatic nitrogens is 2. The lowest BCUT2D eigenvalue weighted by Crippen LogP contribution is -2.21. The fourth-order valence-electron chi connectivity index (χ4n) is 2.27. The van der Waals surface area contributed by atoms with E-state index in [4.69, 9.17) is 5.73 Å². The second-order valence-electron chi connectivity index (χ2n) is 5.62. The van der Waals surface area contributed by atoms with Gasteiger partial charge >= 0.3 is 0 Å². The van der Waals surface area contributed by atoms with Gasteiger partial charge in [-0.05, 0) is 30.7 Å². The molecule has 4 N–H and O–H groups in total. The van der Waals surface area contributed by atoms with Gasteiger partial charge in [0, 0.05) is 31.9 Å². The fraction of sp³-hybridized carbons (Fsp3) is 0.353. The van der Waals surface area contributed by atoms with Gasteiger partial charge < -0.3 is 21.3 Å². The predicted molar refractivity (Wildman–Crippen MR) is 98.7 cm³/mol. The summed E-state index contributed by atoms with van der Waals surface area (Å²) in [4.78, 5) is 21.6. The van der Waals surface area contributed by atoms with Crippen molar-refractivity contribution in [2.45, 2.75) is 26.7 Å². The van der Waals surface area contributed by atoms with Crippen molar-refractivity contribution in [3.05, 3.63) is 30.6 Å². The molecule has 0 atom stereocenters. The van der Waals surface area contributed by atoms with Crippen molar-refractivity contribution in [2.24, 2.45) is 0 Å². The van der Waals surface area contributed by atoms with E-state index in [0.717, 1.165) is 36.6 Å². The highest BCUT2D eigenvalue weighted by Crippen LogP contribution is 2.28. The number of carbonyl (C=O) groups is 1. The van der Waals surface area contributed by atoms with Gasteiger partial charge in [-0.1, -0.05) is 13.3 Å². The molecule has 128 valence electrons. The molecule has 1 heterocycles. The standard InChI is InChI=1S/C17H24N6O/c1-4-5-10-23(3)17-15(18)16(19-11-20-17)22-14-8-6-13(7-9-14)21-12(2)24/h6-9,11H,4-5,10,18H2,1-3H3,(H,21,24)(H,19,20,22). The summed E-state index contributed by atoms with van der Waals surface area (Å²) in [6.07, 6.45) is 3.69. The largest absolute Gasteiger partial charge is 0.393 e. The Morgan fingerprint density at radius 1 is 1.21 bits per heavy atom. The van der Waals surface area contributed by atoms with Crippen LogP contribution in [0.15, 0.2) is 30.6 Å². The summed E-state index contributed by atoms with van der Waals surface area (Å²) >= 11 is 0. The van der Waals surface area contributed by atoms with Crippen molar-refractivity contribution < 1.29 is 4.79 Å². The Kier molecular flexibility index (Phi) is 5.95. The van der Waals surface area contributed by atoms with Crippen LogP contribution >= 0.6 is 0 Å². The van der Waals surface area contributed by atoms with E-state index in [-0.39, 0.29) is 5.91 Å². The number of nitrogens with zero attached hydrogens (tertiary/aromatic N) is 3. The van der Waals surface area contributed by atoms with Gasteiger partial charge in [-0.2, -0.15) is 0 Å². The van der Waals surface area contributed by atoms with Crippen LogP contribution in [0.2, 0.25) is 0 Å². The molecule has 7 heteroatoms. The van der Waals surface area contributed by atoms with E-state index in [1.807, 2.05) is 36.2 Å². The molecule has 1 aromatic carbocycles. The first kappa shape index (κ1) is 17.5. The maximum Gasteiger partial charge on any atom is 0.221 e. The summed E-state index contributed by atoms with van der Waals surface area (Å²) < 4.78 is 0. The molecule has 0 saturated carbocycles. The monoisotopic (exact) mass is 328 g/mol. The minimum atomic E-state index is -0.101. The van der Waals surface area contributed by atoms with Crippen LogP contribution in [0.1, 0.15) is 26.7 Å². The van der Waals surface area contributed by atoms with E-state index < -0.39 is 0 Å². The number of nitrogen functional groups attached to an aromatic ring is 1. The lowest BCUT2D eigenvalue weighted by molar-refractivity contribution is -0.114. The molecule has 1 amide bonds. The summed E-state index contributed by atoms with van der Waals surface area (Å²) in [5, 5.41) is 5.92. The van der Waals surface area contributed by atoms with Crippen LogP contribution in [-0.2, 0) is 4.79 Å². The van der Waals surface area contributed by atoms with Crippen LogP contribution in [0.3, 0.4) is 0 Å². The maximum absolute atomic E-state index is 11.0. The Morgan fingerprint density at radius 2 is 1.88 bits per heavy atom. The zero-order valence-corrected chi connectivity index (χ0v) is 14.3. The van der Waals surface area contributed by atoms with Crippen molar-refractivity contribution in [1.29, 1.82) is 0 Å². The van der Waals surface area contributed by atoms with Crippen LogP contribution in [-0.4, -0.2) is 29.5 Å². The smallest absolute Gasteiger partial charge is 0.221 e. The summed E-state index contributed by atoms with van der Waals surface area (Å²) in [5.74, 6) is 1.18. The second kappa shape index (κ2) is 8.14. The SMILES string of the molecule is CCCCN(C)c1ncnc(Nc2ccc(NC(C)=O)cc2)c1N. The van der Waals surface area contributed by atoms with Crippen LogP contribution in [0, 0.1) is 0 Å². The maximum atomic E-state index is 11.0. The van der Waals surface area contributed by atoms with Gasteiger partial charge in [-0.25, -0.2) is 9.97 Å². The van der Waals surface area contributed by atoms with Crippen LogP contribution < -0.4 is 21.3 Å². The van der Waals surface area contributed by atoms with Gasteiger partial charge in [0.1, 0.15) is 12.0 Å². The van der Waals surface area contributed by atoms with Crippen molar-refractivity contribution in [1.82, 2.24) is 9.97 Å². The average molecular weight is 328 g/mol. The minimum Gasteiger partial charge on any atom is -0.393 e. The number of unbranched alkanes of at least 4 members (excludes halogenated alkanes) is 1. The summed E-state index contributed by atoms with van der Waals surface area (Å²) in [6, 6.07) is 7.34. The van der Waals surface area contributed by atoms with Crippen molar-refractivity contribution in [3.63, 3.8) is 0 Å². The lowest BCUT2D eigenvalue weighted by Gasteiger charge is -2.20. The molecule has 0 aliphatic heterocycles. The van der Waals surface area contributed by atoms with Crippen molar-refractivity contribution in [2.75, 3.05) is 34.9 Å². The molecular weight excluding hydrogens is 304 g/mol. The number of anilines is 5. The van der Waals surface area contributed by atoms with Crippen molar-refractivity contribution in [3.8, 4) is 0 Å². The molecule has 1 aromatic heterocycles. The van der Waals surface area contributed by atoms with Gasteiger partial charge in [0.05, 0.1) is 0 Å². The number of rotatable bonds is 7. The topological polar surface area (TPSA) is 96.2 Å². The van der Waals surface area contributed by atoms with Gasteiger partial charge in [-0.15, -0.1) is 0 Å². The van der Waals surface area contributed by atoms with E-state index in [1.165, 1.54) is 13.3 Å². The third-order valence-corrected chi connectivity index (χ3v) is 3.54. The third-order valence-electron chi connectivity index (χ3n) is 3.54. The third kappa shape index (κ3) is 4.58. The van der Waals surface area contributed by atoms with Gasteiger partial charge in [0.2, 0.25) is 5.91 Å². The van der Waals surface area contributed by atoms with Gasteiger partial charge in [0.25, 0.3) is 0 Å². The molecule has 0 bridgehead atoms. The first-order valence-electron chi connectivity index (χ1n) is 7.97. The van der Waals surface area contributed by atoms with E-state index in [0.29, 0.717) is 11.5 Å². The molecule has 0 unspecified atom stereocenters. The molecule has 0 spiro atoms. The molecule has 0 aliphatic rings. The van der Waals surface area contributed by atoms with Crippen molar-refractivity contribution >= 4 is 34.6 Å². The van der Waals surface area contributed by atoms with Gasteiger partial charge in [0.15, 0.2) is 11.6 Å². The summed E-state index contributed by atoms with van der Waals surface area (Å²) in [6.45, 7) is 4.52. The molecule has 0 radical (unpaired) electrons. The number of carbonyl (C=O) groups excluding carboxylic acids is 1. The Hall–Kier alpha value is -2.83. The Balaban J connectivity index is 2.13. The van der Waals surface area contributed by atoms with Crippen LogP contribution in [0.25, 0.3) is 0 Å². The highest BCUT2D eigenvalue weighted by atomic mass is 16.1. The Labute approximate surface area is 142 Å². The second-order valence-corrected chi connectivity index (χ2v) is 5.62. The van der Waals surface area contributed by atoms with E-state index in [9.17, 15) is 4.79 Å². The number of nitrogens with one attached hydrogen (secondary N) is 2. The summed E-state index contributed by atoms with van der Waals surface area (Å²) in [7, 11) is 1.97. The van der Waals surface area contributed by atoms with Crippen LogP contribution in [0.4, 0.5) is 28.7 Å². The molecule has 24 heavy (non-hydrogen) atoms. The average Bonchev–Trinajstić information content (AvgIpc) is 2.56. The molecule has 0 aliphatic carbocycles. The number of nitrogens with two attached hydrogens (primary N) is 1. The van der Waals surface area contributed by atoms with Gasteiger partial charge in [-0.3, -0.25) is 4.79 Å². The molecule has 2 rings (SSSR count). The molecule has 0 saturated heterocycles. The zero-order valence-electron chi connectivity index (χ0n) is 14.3. The van der Waals surface area contributed by atoms with E-state index in [1.54, 1.807) is 0 Å².